The van der Waals surface area contributed by atoms with Crippen molar-refractivity contribution in [3.63, 3.8) is 0 Å². The predicted molar refractivity (Wildman–Crippen MR) is 50.7 cm³/mol. The van der Waals surface area contributed by atoms with Crippen LogP contribution in [0.25, 0.3) is 0 Å². The third-order valence-corrected chi connectivity index (χ3v) is 2.68. The smallest absolute Gasteiger partial charge is 0.417 e. The maximum atomic E-state index is 12.6. The Hall–Kier alpha value is -1.61. The van der Waals surface area contributed by atoms with Crippen LogP contribution >= 0.6 is 0 Å². The first-order valence-electron chi connectivity index (χ1n) is 4.37. The van der Waals surface area contributed by atoms with Gasteiger partial charge in [-0.1, -0.05) is 0 Å². The number of carbonyl (C=O) groups excluding carboxylic acids is 1. The Kier molecular flexibility index (Phi) is 3.67. The summed E-state index contributed by atoms with van der Waals surface area (Å²) < 4.78 is 74.1. The molecule has 0 heterocycles. The van der Waals surface area contributed by atoms with Crippen molar-refractivity contribution >= 4 is 16.1 Å². The van der Waals surface area contributed by atoms with E-state index in [-0.39, 0.29) is 6.07 Å². The van der Waals surface area contributed by atoms with Crippen molar-refractivity contribution in [3.05, 3.63) is 23.8 Å². The summed E-state index contributed by atoms with van der Waals surface area (Å²) in [5.74, 6) is -1.37. The fraction of sp³-hybridized carbons (Fsp3) is 0.222. The number of esters is 1. The normalized spacial score (nSPS) is 12.3. The molecule has 0 radical (unpaired) electrons. The summed E-state index contributed by atoms with van der Waals surface area (Å²) in [5.41, 5.74) is -1.67. The van der Waals surface area contributed by atoms with Crippen molar-refractivity contribution in [2.75, 3.05) is 0 Å². The molecule has 5 nitrogen and oxygen atoms in total. The van der Waals surface area contributed by atoms with E-state index in [4.69, 9.17) is 0 Å². The van der Waals surface area contributed by atoms with Crippen LogP contribution in [0.4, 0.5) is 13.2 Å². The first kappa shape index (κ1) is 14.5. The van der Waals surface area contributed by atoms with E-state index in [1.807, 2.05) is 0 Å². The molecule has 0 saturated heterocycles. The average Bonchev–Trinajstić information content (AvgIpc) is 2.13. The number of hydrogen-bond acceptors (Lipinski definition) is 5. The highest BCUT2D eigenvalue weighted by atomic mass is 32.2. The highest BCUT2D eigenvalue weighted by molar-refractivity contribution is 7.85. The van der Waals surface area contributed by atoms with E-state index in [2.05, 4.69) is 4.74 Å². The molecule has 0 aliphatic carbocycles. The minimum atomic E-state index is -5.27. The van der Waals surface area contributed by atoms with E-state index >= 15 is 0 Å². The second-order valence-corrected chi connectivity index (χ2v) is 4.55. The van der Waals surface area contributed by atoms with E-state index < -0.39 is 38.5 Å². The first-order chi connectivity index (χ1) is 8.01. The van der Waals surface area contributed by atoms with Gasteiger partial charge in [-0.3, -0.25) is 4.79 Å². The van der Waals surface area contributed by atoms with E-state index in [1.54, 1.807) is 0 Å². The quantitative estimate of drug-likeness (QED) is 0.467. The highest BCUT2D eigenvalue weighted by Gasteiger charge is 2.35. The van der Waals surface area contributed by atoms with Gasteiger partial charge in [0, 0.05) is 6.92 Å². The van der Waals surface area contributed by atoms with Crippen LogP contribution in [0.1, 0.15) is 12.5 Å². The molecule has 18 heavy (non-hydrogen) atoms. The number of ether oxygens (including phenoxy) is 1. The van der Waals surface area contributed by atoms with Gasteiger partial charge in [-0.05, 0) is 18.2 Å². The summed E-state index contributed by atoms with van der Waals surface area (Å²) in [6, 6.07) is 1.52. The fourth-order valence-electron chi connectivity index (χ4n) is 1.18. The molecule has 1 aromatic carbocycles. The van der Waals surface area contributed by atoms with Crippen LogP contribution in [0, 0.1) is 0 Å². The third-order valence-electron chi connectivity index (χ3n) is 1.79. The molecule has 0 aliphatic heterocycles. The van der Waals surface area contributed by atoms with Crippen LogP contribution in [0.3, 0.4) is 0 Å². The van der Waals surface area contributed by atoms with Gasteiger partial charge in [0.15, 0.2) is 0 Å². The molecule has 1 rings (SSSR count). The zero-order valence-corrected chi connectivity index (χ0v) is 9.63. The molecule has 9 heteroatoms. The van der Waals surface area contributed by atoms with Gasteiger partial charge in [0.1, 0.15) is 15.9 Å². The summed E-state index contributed by atoms with van der Waals surface area (Å²) in [6.07, 6.45) is -5.05. The molecule has 0 aliphatic rings. The van der Waals surface area contributed by atoms with Gasteiger partial charge in [0.25, 0.3) is 0 Å². The SMILES string of the molecule is CC(=O)Oc1ccc(S(=O)(=O)[O-])c(C(F)(F)F)c1. The van der Waals surface area contributed by atoms with Crippen LogP contribution < -0.4 is 4.74 Å². The van der Waals surface area contributed by atoms with Crippen molar-refractivity contribution in [2.24, 2.45) is 0 Å². The Morgan fingerprint density at radius 2 is 1.89 bits per heavy atom. The summed E-state index contributed by atoms with van der Waals surface area (Å²) in [7, 11) is -5.27. The van der Waals surface area contributed by atoms with Gasteiger partial charge >= 0.3 is 12.1 Å². The minimum Gasteiger partial charge on any atom is -0.744 e. The van der Waals surface area contributed by atoms with Gasteiger partial charge in [0.05, 0.1) is 10.5 Å². The van der Waals surface area contributed by atoms with Gasteiger partial charge in [-0.15, -0.1) is 0 Å². The third kappa shape index (κ3) is 3.44. The first-order valence-corrected chi connectivity index (χ1v) is 5.78. The van der Waals surface area contributed by atoms with Crippen LogP contribution in [-0.4, -0.2) is 18.9 Å². The molecule has 0 fully saturated rings. The lowest BCUT2D eigenvalue weighted by Gasteiger charge is -2.16. The molecule has 0 saturated carbocycles. The van der Waals surface area contributed by atoms with Crippen LogP contribution in [0.15, 0.2) is 23.1 Å². The summed E-state index contributed by atoms with van der Waals surface area (Å²) in [6.45, 7) is 0.964. The zero-order chi connectivity index (χ0) is 14.1. The Bertz CT molecular complexity index is 576. The Labute approximate surface area is 99.9 Å². The molecule has 0 bridgehead atoms. The lowest BCUT2D eigenvalue weighted by atomic mass is 10.2. The molecule has 0 amide bonds. The van der Waals surface area contributed by atoms with E-state index in [9.17, 15) is 30.9 Å². The van der Waals surface area contributed by atoms with Gasteiger partial charge in [0.2, 0.25) is 0 Å². The Balaban J connectivity index is 3.44. The molecule has 0 aromatic heterocycles. The number of alkyl halides is 3. The molecule has 0 N–H and O–H groups in total. The predicted octanol–water partition coefficient (Wildman–Crippen LogP) is 1.53. The summed E-state index contributed by atoms with van der Waals surface area (Å²) >= 11 is 0. The molecular weight excluding hydrogens is 277 g/mol. The molecule has 1 aromatic rings. The molecule has 100 valence electrons. The maximum absolute atomic E-state index is 12.6. The molecule has 0 unspecified atom stereocenters. The number of hydrogen-bond donors (Lipinski definition) is 0. The van der Waals surface area contributed by atoms with Crippen LogP contribution in [-0.2, 0) is 21.1 Å². The monoisotopic (exact) mass is 283 g/mol. The van der Waals surface area contributed by atoms with Crippen molar-refractivity contribution in [3.8, 4) is 5.75 Å². The number of benzene rings is 1. The van der Waals surface area contributed by atoms with Crippen molar-refractivity contribution in [1.82, 2.24) is 0 Å². The fourth-order valence-corrected chi connectivity index (χ4v) is 1.86. The molecule has 0 spiro atoms. The maximum Gasteiger partial charge on any atom is 0.417 e. The largest absolute Gasteiger partial charge is 0.744 e. The van der Waals surface area contributed by atoms with Crippen LogP contribution in [0.2, 0.25) is 0 Å². The molecule has 0 atom stereocenters. The van der Waals surface area contributed by atoms with Crippen LogP contribution in [0.5, 0.6) is 5.75 Å². The topological polar surface area (TPSA) is 83.5 Å². The van der Waals surface area contributed by atoms with Gasteiger partial charge in [-0.25, -0.2) is 8.42 Å². The lowest BCUT2D eigenvalue weighted by molar-refractivity contribution is -0.140. The lowest BCUT2D eigenvalue weighted by Crippen LogP contribution is -2.13. The van der Waals surface area contributed by atoms with E-state index in [0.717, 1.165) is 13.0 Å². The minimum absolute atomic E-state index is 0.284. The van der Waals surface area contributed by atoms with Gasteiger partial charge in [-0.2, -0.15) is 13.2 Å². The highest BCUT2D eigenvalue weighted by Crippen LogP contribution is 2.36. The summed E-state index contributed by atoms with van der Waals surface area (Å²) in [5, 5.41) is 0. The second kappa shape index (κ2) is 4.58. The standard InChI is InChI=1S/C9H7F3O5S/c1-5(13)17-6-2-3-8(18(14,15)16)7(4-6)9(10,11)12/h2-4H,1H3,(H,14,15,16)/p-1. The number of rotatable bonds is 2. The van der Waals surface area contributed by atoms with Gasteiger partial charge < -0.3 is 9.29 Å². The number of carbonyl (C=O) groups is 1. The van der Waals surface area contributed by atoms with Crippen molar-refractivity contribution < 1.29 is 35.7 Å². The Morgan fingerprint density at radius 1 is 1.33 bits per heavy atom. The van der Waals surface area contributed by atoms with E-state index in [1.165, 1.54) is 0 Å². The Morgan fingerprint density at radius 3 is 2.28 bits per heavy atom. The second-order valence-electron chi connectivity index (χ2n) is 3.20. The van der Waals surface area contributed by atoms with Crippen molar-refractivity contribution in [1.29, 1.82) is 0 Å². The number of halogens is 3. The average molecular weight is 283 g/mol. The van der Waals surface area contributed by atoms with E-state index in [0.29, 0.717) is 6.07 Å². The zero-order valence-electron chi connectivity index (χ0n) is 8.82. The molecular formula is C9H6F3O5S-. The summed E-state index contributed by atoms with van der Waals surface area (Å²) in [4.78, 5) is 9.16. The van der Waals surface area contributed by atoms with Crippen molar-refractivity contribution in [2.45, 2.75) is 18.0 Å².